The van der Waals surface area contributed by atoms with Gasteiger partial charge >= 0.3 is 0 Å². The molecule has 3 nitrogen and oxygen atoms in total. The van der Waals surface area contributed by atoms with Crippen molar-refractivity contribution in [1.29, 1.82) is 0 Å². The molecule has 132 valence electrons. The molecule has 3 rings (SSSR count). The number of hydrogen-bond donors (Lipinski definition) is 0. The number of halogens is 2. The molecule has 2 saturated carbocycles. The number of fused-ring (bicyclic) bond motifs is 1. The van der Waals surface area contributed by atoms with Crippen molar-refractivity contribution in [3.63, 3.8) is 0 Å². The smallest absolute Gasteiger partial charge is 0.220 e. The van der Waals surface area contributed by atoms with Gasteiger partial charge in [0.1, 0.15) is 12.3 Å². The molecule has 1 heterocycles. The minimum atomic E-state index is -1.01. The molecule has 23 heavy (non-hydrogen) atoms. The van der Waals surface area contributed by atoms with E-state index in [2.05, 4.69) is 16.7 Å². The summed E-state index contributed by atoms with van der Waals surface area (Å²) in [5, 5.41) is 0. The highest BCUT2D eigenvalue weighted by Gasteiger charge is 2.43. The summed E-state index contributed by atoms with van der Waals surface area (Å²) in [6.45, 7) is 5.32. The summed E-state index contributed by atoms with van der Waals surface area (Å²) in [5.41, 5.74) is 0. The normalized spacial score (nSPS) is 42.3. The summed E-state index contributed by atoms with van der Waals surface area (Å²) >= 11 is 0. The van der Waals surface area contributed by atoms with E-state index in [1.165, 1.54) is 12.8 Å². The van der Waals surface area contributed by atoms with Crippen LogP contribution in [-0.2, 0) is 4.79 Å². The number of carbonyl (C=O) groups excluding carboxylic acids is 1. The molecular weight excluding hydrogens is 298 g/mol. The lowest BCUT2D eigenvalue weighted by Crippen LogP contribution is -2.65. The van der Waals surface area contributed by atoms with E-state index in [-0.39, 0.29) is 30.3 Å². The molecule has 0 bridgehead atoms. The van der Waals surface area contributed by atoms with Crippen molar-refractivity contribution in [2.24, 2.45) is 5.92 Å². The topological polar surface area (TPSA) is 23.6 Å². The standard InChI is InChI=1S/C18H30F2N2O/c1-12-10-21(11-14-7-8-15(19)9-16(14)20)17-5-3-4-6-18(17)22(12)13(2)23/h12,14-18H,3-11H2,1-2H3/t12-,14?,15?,16?,17?,18?/m0/s1. The number of hydrogen-bond acceptors (Lipinski definition) is 2. The minimum Gasteiger partial charge on any atom is -0.334 e. The zero-order chi connectivity index (χ0) is 16.6. The van der Waals surface area contributed by atoms with E-state index in [1.54, 1.807) is 6.92 Å². The third-order valence-electron chi connectivity index (χ3n) is 6.17. The Morgan fingerprint density at radius 1 is 1.09 bits per heavy atom. The van der Waals surface area contributed by atoms with Gasteiger partial charge in [0.05, 0.1) is 0 Å². The second-order valence-corrected chi connectivity index (χ2v) is 7.83. The predicted octanol–water partition coefficient (Wildman–Crippen LogP) is 3.33. The van der Waals surface area contributed by atoms with Crippen molar-refractivity contribution in [3.8, 4) is 0 Å². The van der Waals surface area contributed by atoms with Crippen LogP contribution < -0.4 is 0 Å². The fourth-order valence-electron chi connectivity index (χ4n) is 5.12. The van der Waals surface area contributed by atoms with Crippen molar-refractivity contribution < 1.29 is 13.6 Å². The summed E-state index contributed by atoms with van der Waals surface area (Å²) < 4.78 is 27.6. The molecule has 0 N–H and O–H groups in total. The zero-order valence-electron chi connectivity index (χ0n) is 14.4. The van der Waals surface area contributed by atoms with E-state index in [4.69, 9.17) is 0 Å². The molecule has 0 aromatic carbocycles. The molecule has 3 aliphatic rings. The molecule has 0 aromatic heterocycles. The van der Waals surface area contributed by atoms with Crippen LogP contribution >= 0.6 is 0 Å². The van der Waals surface area contributed by atoms with Crippen molar-refractivity contribution in [2.45, 2.75) is 89.3 Å². The van der Waals surface area contributed by atoms with Gasteiger partial charge in [0.25, 0.3) is 0 Å². The number of piperazine rings is 1. The van der Waals surface area contributed by atoms with Crippen LogP contribution in [0.15, 0.2) is 0 Å². The lowest BCUT2D eigenvalue weighted by atomic mass is 9.82. The molecule has 0 spiro atoms. The first-order chi connectivity index (χ1) is 11.0. The third kappa shape index (κ3) is 3.54. The summed E-state index contributed by atoms with van der Waals surface area (Å²) in [4.78, 5) is 16.5. The van der Waals surface area contributed by atoms with Crippen molar-refractivity contribution in [1.82, 2.24) is 9.80 Å². The lowest BCUT2D eigenvalue weighted by Gasteiger charge is -2.53. The SMILES string of the molecule is CC(=O)N1C2CCCCC2N(CC2CCC(F)CC2F)C[C@@H]1C. The van der Waals surface area contributed by atoms with Gasteiger partial charge in [-0.2, -0.15) is 0 Å². The van der Waals surface area contributed by atoms with E-state index in [0.29, 0.717) is 18.9 Å². The first-order valence-corrected chi connectivity index (χ1v) is 9.28. The lowest BCUT2D eigenvalue weighted by molar-refractivity contribution is -0.143. The minimum absolute atomic E-state index is 0.0411. The van der Waals surface area contributed by atoms with Crippen LogP contribution in [0.4, 0.5) is 8.78 Å². The molecule has 5 unspecified atom stereocenters. The summed E-state index contributed by atoms with van der Waals surface area (Å²) in [7, 11) is 0. The fourth-order valence-corrected chi connectivity index (χ4v) is 5.12. The molecule has 1 saturated heterocycles. The second-order valence-electron chi connectivity index (χ2n) is 7.83. The van der Waals surface area contributed by atoms with Crippen molar-refractivity contribution >= 4 is 5.91 Å². The maximum Gasteiger partial charge on any atom is 0.220 e. The number of amides is 1. The van der Waals surface area contributed by atoms with Gasteiger partial charge < -0.3 is 4.90 Å². The van der Waals surface area contributed by atoms with Crippen LogP contribution in [0.2, 0.25) is 0 Å². The van der Waals surface area contributed by atoms with E-state index < -0.39 is 12.3 Å². The van der Waals surface area contributed by atoms with Gasteiger partial charge in [0, 0.05) is 50.5 Å². The average Bonchev–Trinajstić information content (AvgIpc) is 2.49. The van der Waals surface area contributed by atoms with E-state index in [0.717, 1.165) is 25.9 Å². The van der Waals surface area contributed by atoms with Crippen molar-refractivity contribution in [3.05, 3.63) is 0 Å². The Labute approximate surface area is 138 Å². The molecule has 2 aliphatic carbocycles. The summed E-state index contributed by atoms with van der Waals surface area (Å²) in [5.74, 6) is 0.121. The molecule has 0 radical (unpaired) electrons. The first kappa shape index (κ1) is 17.1. The predicted molar refractivity (Wildman–Crippen MR) is 86.7 cm³/mol. The quantitative estimate of drug-likeness (QED) is 0.776. The van der Waals surface area contributed by atoms with Gasteiger partial charge in [-0.1, -0.05) is 12.8 Å². The number of rotatable bonds is 2. The molecule has 1 amide bonds. The van der Waals surface area contributed by atoms with Gasteiger partial charge in [-0.3, -0.25) is 9.69 Å². The Kier molecular flexibility index (Phi) is 5.24. The number of carbonyl (C=O) groups is 1. The number of nitrogens with zero attached hydrogens (tertiary/aromatic N) is 2. The number of alkyl halides is 2. The highest BCUT2D eigenvalue weighted by atomic mass is 19.1. The fraction of sp³-hybridized carbons (Fsp3) is 0.944. The monoisotopic (exact) mass is 328 g/mol. The van der Waals surface area contributed by atoms with Crippen molar-refractivity contribution in [2.75, 3.05) is 13.1 Å². The molecule has 1 aliphatic heterocycles. The van der Waals surface area contributed by atoms with Crippen LogP contribution in [-0.4, -0.2) is 59.3 Å². The van der Waals surface area contributed by atoms with Crippen LogP contribution in [0, 0.1) is 5.92 Å². The van der Waals surface area contributed by atoms with Gasteiger partial charge in [-0.15, -0.1) is 0 Å². The average molecular weight is 328 g/mol. The Balaban J connectivity index is 1.70. The van der Waals surface area contributed by atoms with Crippen LogP contribution in [0.25, 0.3) is 0 Å². The zero-order valence-corrected chi connectivity index (χ0v) is 14.4. The summed E-state index contributed by atoms with van der Waals surface area (Å²) in [6.07, 6.45) is 3.76. The molecular formula is C18H30F2N2O. The third-order valence-corrected chi connectivity index (χ3v) is 6.17. The van der Waals surface area contributed by atoms with Crippen LogP contribution in [0.1, 0.15) is 58.8 Å². The molecule has 3 fully saturated rings. The van der Waals surface area contributed by atoms with Gasteiger partial charge in [-0.05, 0) is 32.6 Å². The highest BCUT2D eigenvalue weighted by molar-refractivity contribution is 5.74. The van der Waals surface area contributed by atoms with E-state index >= 15 is 0 Å². The molecule has 5 heteroatoms. The Morgan fingerprint density at radius 2 is 1.78 bits per heavy atom. The Morgan fingerprint density at radius 3 is 2.43 bits per heavy atom. The highest BCUT2D eigenvalue weighted by Crippen LogP contribution is 2.36. The molecule has 6 atom stereocenters. The largest absolute Gasteiger partial charge is 0.334 e. The maximum atomic E-state index is 14.2. The molecule has 0 aromatic rings. The van der Waals surface area contributed by atoms with Gasteiger partial charge in [0.15, 0.2) is 0 Å². The van der Waals surface area contributed by atoms with Gasteiger partial charge in [-0.25, -0.2) is 8.78 Å². The summed E-state index contributed by atoms with van der Waals surface area (Å²) in [6, 6.07) is 0.821. The Hall–Kier alpha value is -0.710. The van der Waals surface area contributed by atoms with Crippen LogP contribution in [0.3, 0.4) is 0 Å². The van der Waals surface area contributed by atoms with Crippen LogP contribution in [0.5, 0.6) is 0 Å². The van der Waals surface area contributed by atoms with E-state index in [1.807, 2.05) is 0 Å². The Bertz CT molecular complexity index is 433. The van der Waals surface area contributed by atoms with Gasteiger partial charge in [0.2, 0.25) is 5.91 Å². The maximum absolute atomic E-state index is 14.2. The second kappa shape index (κ2) is 7.04. The van der Waals surface area contributed by atoms with E-state index in [9.17, 15) is 13.6 Å². The first-order valence-electron chi connectivity index (χ1n) is 9.28.